The molecule has 22 heavy (non-hydrogen) atoms. The van der Waals surface area contributed by atoms with Gasteiger partial charge in [-0.15, -0.1) is 0 Å². The number of alkyl halides is 3. The molecule has 1 aromatic rings. The molecule has 2 N–H and O–H groups in total. The van der Waals surface area contributed by atoms with E-state index in [2.05, 4.69) is 5.32 Å². The number of carbonyl (C=O) groups is 2. The lowest BCUT2D eigenvalue weighted by atomic mass is 9.97. The molecule has 2 rings (SSSR count). The van der Waals surface area contributed by atoms with Crippen LogP contribution in [0.1, 0.15) is 29.9 Å². The van der Waals surface area contributed by atoms with Gasteiger partial charge in [0, 0.05) is 19.5 Å². The van der Waals surface area contributed by atoms with Gasteiger partial charge in [-0.1, -0.05) is 24.3 Å². The third kappa shape index (κ3) is 4.22. The minimum atomic E-state index is -4.89. The molecular weight excluding hydrogens is 297 g/mol. The van der Waals surface area contributed by atoms with Crippen molar-refractivity contribution in [2.24, 2.45) is 0 Å². The summed E-state index contributed by atoms with van der Waals surface area (Å²) in [7, 11) is 0. The quantitative estimate of drug-likeness (QED) is 0.816. The molecule has 0 saturated carbocycles. The summed E-state index contributed by atoms with van der Waals surface area (Å²) < 4.78 is 35.8. The molecule has 0 radical (unpaired) electrons. The Balaban J connectivity index is 1.70. The summed E-state index contributed by atoms with van der Waals surface area (Å²) >= 11 is 0. The van der Waals surface area contributed by atoms with Crippen molar-refractivity contribution in [3.63, 3.8) is 0 Å². The van der Waals surface area contributed by atoms with Crippen LogP contribution in [0.25, 0.3) is 0 Å². The molecule has 0 aliphatic heterocycles. The highest BCUT2D eigenvalue weighted by Crippen LogP contribution is 2.34. The molecule has 1 unspecified atom stereocenters. The van der Waals surface area contributed by atoms with Crippen LogP contribution >= 0.6 is 0 Å². The highest BCUT2D eigenvalue weighted by molar-refractivity contribution is 5.81. The first kappa shape index (κ1) is 16.3. The third-order valence-corrected chi connectivity index (χ3v) is 3.68. The SMILES string of the molecule is O=C(CC1CCc2ccccc21)NCCNC(=O)C(F)(F)F. The Morgan fingerprint density at radius 3 is 2.55 bits per heavy atom. The number of aryl methyl sites for hydroxylation is 1. The van der Waals surface area contributed by atoms with Gasteiger partial charge in [0.2, 0.25) is 5.91 Å². The Morgan fingerprint density at radius 2 is 1.82 bits per heavy atom. The van der Waals surface area contributed by atoms with Crippen LogP contribution in [0, 0.1) is 0 Å². The number of hydrogen-bond acceptors (Lipinski definition) is 2. The van der Waals surface area contributed by atoms with Gasteiger partial charge in [-0.25, -0.2) is 0 Å². The number of hydrogen-bond donors (Lipinski definition) is 2. The number of amides is 2. The molecule has 0 aromatic heterocycles. The Labute approximate surface area is 126 Å². The van der Waals surface area contributed by atoms with Crippen LogP contribution in [-0.2, 0) is 16.0 Å². The maximum absolute atomic E-state index is 11.9. The van der Waals surface area contributed by atoms with Crippen LogP contribution in [0.2, 0.25) is 0 Å². The number of rotatable bonds is 5. The Kier molecular flexibility index (Phi) is 5.05. The van der Waals surface area contributed by atoms with Crippen molar-refractivity contribution in [1.29, 1.82) is 0 Å². The lowest BCUT2D eigenvalue weighted by Crippen LogP contribution is -2.41. The first-order valence-corrected chi connectivity index (χ1v) is 7.07. The molecule has 1 aromatic carbocycles. The number of halogens is 3. The molecule has 4 nitrogen and oxygen atoms in total. The molecule has 2 amide bonds. The zero-order valence-corrected chi connectivity index (χ0v) is 11.9. The lowest BCUT2D eigenvalue weighted by molar-refractivity contribution is -0.173. The summed E-state index contributed by atoms with van der Waals surface area (Å²) in [5.74, 6) is -2.06. The highest BCUT2D eigenvalue weighted by atomic mass is 19.4. The average molecular weight is 314 g/mol. The maximum Gasteiger partial charge on any atom is 0.471 e. The van der Waals surface area contributed by atoms with Gasteiger partial charge in [0.1, 0.15) is 0 Å². The summed E-state index contributed by atoms with van der Waals surface area (Å²) in [6, 6.07) is 7.94. The first-order valence-electron chi connectivity index (χ1n) is 7.07. The Bertz CT molecular complexity index is 558. The number of nitrogens with one attached hydrogen (secondary N) is 2. The van der Waals surface area contributed by atoms with Crippen molar-refractivity contribution in [2.45, 2.75) is 31.4 Å². The molecule has 7 heteroatoms. The van der Waals surface area contributed by atoms with E-state index in [0.29, 0.717) is 6.42 Å². The molecule has 1 aliphatic rings. The van der Waals surface area contributed by atoms with Crippen molar-refractivity contribution in [3.05, 3.63) is 35.4 Å². The van der Waals surface area contributed by atoms with Gasteiger partial charge < -0.3 is 10.6 Å². The zero-order valence-electron chi connectivity index (χ0n) is 11.9. The Hall–Kier alpha value is -2.05. The van der Waals surface area contributed by atoms with E-state index in [1.165, 1.54) is 11.1 Å². The molecule has 1 atom stereocenters. The summed E-state index contributed by atoms with van der Waals surface area (Å²) in [4.78, 5) is 22.4. The molecular formula is C15H17F3N2O2. The maximum atomic E-state index is 11.9. The predicted octanol–water partition coefficient (Wildman–Crippen LogP) is 1.90. The standard InChI is InChI=1S/C15H17F3N2O2/c16-15(17,18)14(22)20-8-7-19-13(21)9-11-6-5-10-3-1-2-4-12(10)11/h1-4,11H,5-9H2,(H,19,21)(H,20,22). The lowest BCUT2D eigenvalue weighted by Gasteiger charge is -2.12. The molecule has 120 valence electrons. The van der Waals surface area contributed by atoms with Crippen molar-refractivity contribution in [1.82, 2.24) is 10.6 Å². The fraction of sp³-hybridized carbons (Fsp3) is 0.467. The van der Waals surface area contributed by atoms with Gasteiger partial charge in [0.05, 0.1) is 0 Å². The summed E-state index contributed by atoms with van der Waals surface area (Å²) in [6.45, 7) is -0.264. The fourth-order valence-corrected chi connectivity index (χ4v) is 2.63. The Morgan fingerprint density at radius 1 is 1.14 bits per heavy atom. The summed E-state index contributed by atoms with van der Waals surface area (Å²) in [5, 5.41) is 4.23. The minimum Gasteiger partial charge on any atom is -0.354 e. The van der Waals surface area contributed by atoms with Crippen LogP contribution in [0.5, 0.6) is 0 Å². The average Bonchev–Trinajstić information content (AvgIpc) is 2.86. The third-order valence-electron chi connectivity index (χ3n) is 3.68. The van der Waals surface area contributed by atoms with E-state index in [0.717, 1.165) is 12.8 Å². The second kappa shape index (κ2) is 6.81. The van der Waals surface area contributed by atoms with Crippen molar-refractivity contribution in [2.75, 3.05) is 13.1 Å². The van der Waals surface area contributed by atoms with Gasteiger partial charge in [0.15, 0.2) is 0 Å². The van der Waals surface area contributed by atoms with Gasteiger partial charge in [0.25, 0.3) is 0 Å². The van der Waals surface area contributed by atoms with Crippen LogP contribution in [-0.4, -0.2) is 31.1 Å². The molecule has 0 fully saturated rings. The summed E-state index contributed by atoms with van der Waals surface area (Å²) in [6.07, 6.45) is -2.74. The number of carbonyl (C=O) groups excluding carboxylic acids is 2. The largest absolute Gasteiger partial charge is 0.471 e. The molecule has 0 bridgehead atoms. The number of benzene rings is 1. The second-order valence-electron chi connectivity index (χ2n) is 5.24. The summed E-state index contributed by atoms with van der Waals surface area (Å²) in [5.41, 5.74) is 2.42. The topological polar surface area (TPSA) is 58.2 Å². The van der Waals surface area contributed by atoms with Gasteiger partial charge in [-0.2, -0.15) is 13.2 Å². The predicted molar refractivity (Wildman–Crippen MR) is 74.2 cm³/mol. The van der Waals surface area contributed by atoms with E-state index in [-0.39, 0.29) is 24.9 Å². The van der Waals surface area contributed by atoms with Crippen molar-refractivity contribution in [3.8, 4) is 0 Å². The normalized spacial score (nSPS) is 17.0. The van der Waals surface area contributed by atoms with Crippen molar-refractivity contribution >= 4 is 11.8 Å². The zero-order chi connectivity index (χ0) is 16.2. The second-order valence-corrected chi connectivity index (χ2v) is 5.24. The van der Waals surface area contributed by atoms with Crippen molar-refractivity contribution < 1.29 is 22.8 Å². The fourth-order valence-electron chi connectivity index (χ4n) is 2.63. The smallest absolute Gasteiger partial charge is 0.354 e. The van der Waals surface area contributed by atoms with Crippen LogP contribution in [0.4, 0.5) is 13.2 Å². The minimum absolute atomic E-state index is 0.0188. The first-order chi connectivity index (χ1) is 10.4. The van der Waals surface area contributed by atoms with Crippen LogP contribution in [0.3, 0.4) is 0 Å². The van der Waals surface area contributed by atoms with Gasteiger partial charge in [-0.05, 0) is 29.9 Å². The van der Waals surface area contributed by atoms with Gasteiger partial charge >= 0.3 is 12.1 Å². The van der Waals surface area contributed by atoms with E-state index in [1.54, 1.807) is 5.32 Å². The number of fused-ring (bicyclic) bond motifs is 1. The molecule has 0 heterocycles. The monoisotopic (exact) mass is 314 g/mol. The van der Waals surface area contributed by atoms with E-state index < -0.39 is 12.1 Å². The van der Waals surface area contributed by atoms with Gasteiger partial charge in [-0.3, -0.25) is 9.59 Å². The van der Waals surface area contributed by atoms with E-state index in [9.17, 15) is 22.8 Å². The van der Waals surface area contributed by atoms with E-state index in [4.69, 9.17) is 0 Å². The van der Waals surface area contributed by atoms with E-state index in [1.807, 2.05) is 24.3 Å². The van der Waals surface area contributed by atoms with E-state index >= 15 is 0 Å². The molecule has 1 aliphatic carbocycles. The van der Waals surface area contributed by atoms with Crippen LogP contribution in [0.15, 0.2) is 24.3 Å². The molecule has 0 spiro atoms. The highest BCUT2D eigenvalue weighted by Gasteiger charge is 2.38. The molecule has 0 saturated heterocycles. The van der Waals surface area contributed by atoms with Crippen LogP contribution < -0.4 is 10.6 Å².